The normalized spacial score (nSPS) is 14.6. The van der Waals surface area contributed by atoms with Crippen LogP contribution in [0.2, 0.25) is 0 Å². The summed E-state index contributed by atoms with van der Waals surface area (Å²) in [7, 11) is 1.51. The van der Waals surface area contributed by atoms with Crippen molar-refractivity contribution in [2.75, 3.05) is 18.6 Å². The maximum atomic E-state index is 12.6. The van der Waals surface area contributed by atoms with Crippen LogP contribution in [0.1, 0.15) is 33.9 Å². The van der Waals surface area contributed by atoms with E-state index in [-0.39, 0.29) is 28.5 Å². The molecule has 1 aliphatic heterocycles. The number of methoxy groups -OCH3 is 1. The minimum absolute atomic E-state index is 0.0439. The van der Waals surface area contributed by atoms with E-state index in [1.807, 2.05) is 12.1 Å². The van der Waals surface area contributed by atoms with E-state index in [1.165, 1.54) is 7.11 Å². The fraction of sp³-hybridized carbons (Fsp3) is 0.167. The second kappa shape index (κ2) is 6.31. The first-order valence-electron chi connectivity index (χ1n) is 8.18. The van der Waals surface area contributed by atoms with E-state index in [0.29, 0.717) is 33.9 Å². The third-order valence-corrected chi connectivity index (χ3v) is 5.21. The number of H-pyrrole nitrogens is 2. The Morgan fingerprint density at radius 3 is 2.68 bits per heavy atom. The van der Waals surface area contributed by atoms with Crippen LogP contribution in [-0.4, -0.2) is 22.3 Å². The van der Waals surface area contributed by atoms with Gasteiger partial charge in [-0.1, -0.05) is 15.9 Å². The highest BCUT2D eigenvalue weighted by Crippen LogP contribution is 2.53. The molecule has 1 aromatic carbocycles. The van der Waals surface area contributed by atoms with Crippen molar-refractivity contribution < 1.29 is 9.47 Å². The maximum Gasteiger partial charge on any atom is 0.268 e. The number of benzene rings is 1. The Bertz CT molecular complexity index is 1220. The molecule has 6 N–H and O–H groups in total. The summed E-state index contributed by atoms with van der Waals surface area (Å²) in [5, 5.41) is 14.9. The largest absolute Gasteiger partial charge is 0.493 e. The number of nitrogens with one attached hydrogen (secondary N) is 2. The Labute approximate surface area is 167 Å². The first-order valence-corrected chi connectivity index (χ1v) is 8.98. The molecule has 0 aliphatic carbocycles. The molecule has 3 aromatic rings. The van der Waals surface area contributed by atoms with Crippen molar-refractivity contribution in [3.63, 3.8) is 0 Å². The summed E-state index contributed by atoms with van der Waals surface area (Å²) >= 11 is 3.46. The van der Waals surface area contributed by atoms with Crippen molar-refractivity contribution >= 4 is 27.4 Å². The van der Waals surface area contributed by atoms with E-state index >= 15 is 0 Å². The van der Waals surface area contributed by atoms with Gasteiger partial charge in [0.25, 0.3) is 5.56 Å². The fourth-order valence-electron chi connectivity index (χ4n) is 3.51. The third-order valence-electron chi connectivity index (χ3n) is 4.75. The number of aromatic amines is 2. The minimum Gasteiger partial charge on any atom is -0.493 e. The van der Waals surface area contributed by atoms with Gasteiger partial charge in [0.05, 0.1) is 29.8 Å². The Hall–Kier alpha value is -3.45. The van der Waals surface area contributed by atoms with Crippen LogP contribution >= 0.6 is 15.9 Å². The molecule has 1 atom stereocenters. The van der Waals surface area contributed by atoms with Crippen molar-refractivity contribution in [2.24, 2.45) is 0 Å². The molecule has 0 fully saturated rings. The predicted molar refractivity (Wildman–Crippen MR) is 106 cm³/mol. The highest BCUT2D eigenvalue weighted by Gasteiger charge is 2.38. The van der Waals surface area contributed by atoms with Crippen LogP contribution in [-0.2, 0) is 0 Å². The Kier molecular flexibility index (Phi) is 4.05. The van der Waals surface area contributed by atoms with Gasteiger partial charge in [-0.25, -0.2) is 0 Å². The molecule has 1 unspecified atom stereocenters. The van der Waals surface area contributed by atoms with Crippen LogP contribution in [0.25, 0.3) is 0 Å². The van der Waals surface area contributed by atoms with Gasteiger partial charge in [-0.2, -0.15) is 10.2 Å². The summed E-state index contributed by atoms with van der Waals surface area (Å²) in [5.41, 5.74) is 14.2. The lowest BCUT2D eigenvalue weighted by molar-refractivity contribution is 0.363. The average molecular weight is 443 g/mol. The Morgan fingerprint density at radius 2 is 2.07 bits per heavy atom. The van der Waals surface area contributed by atoms with Crippen molar-refractivity contribution in [1.82, 2.24) is 15.2 Å². The van der Waals surface area contributed by atoms with Gasteiger partial charge in [-0.3, -0.25) is 9.89 Å². The van der Waals surface area contributed by atoms with E-state index in [1.54, 1.807) is 13.0 Å². The number of nitrogens with two attached hydrogens (primary N) is 2. The van der Waals surface area contributed by atoms with E-state index in [2.05, 4.69) is 31.1 Å². The number of nitrogen functional groups attached to an aromatic ring is 2. The van der Waals surface area contributed by atoms with Crippen molar-refractivity contribution in [3.05, 3.63) is 54.9 Å². The molecule has 0 saturated carbocycles. The average Bonchev–Trinajstić information content (AvgIpc) is 2.98. The SMILES string of the molecule is COc1cc(Br)cc2c1Oc1nc(N)c(C#N)c(N)c1C2c1c(C)[nH][nH]c1=O. The van der Waals surface area contributed by atoms with Gasteiger partial charge in [0.1, 0.15) is 17.5 Å². The molecule has 0 amide bonds. The maximum absolute atomic E-state index is 12.6. The van der Waals surface area contributed by atoms with E-state index in [4.69, 9.17) is 20.9 Å². The first-order chi connectivity index (χ1) is 13.4. The second-order valence-electron chi connectivity index (χ2n) is 6.30. The van der Waals surface area contributed by atoms with Gasteiger partial charge in [0, 0.05) is 15.7 Å². The summed E-state index contributed by atoms with van der Waals surface area (Å²) in [4.78, 5) is 16.8. The van der Waals surface area contributed by atoms with E-state index in [0.717, 1.165) is 4.47 Å². The molecule has 3 heterocycles. The molecule has 0 bridgehead atoms. The zero-order valence-electron chi connectivity index (χ0n) is 14.9. The summed E-state index contributed by atoms with van der Waals surface area (Å²) < 4.78 is 12.2. The Morgan fingerprint density at radius 1 is 1.32 bits per heavy atom. The van der Waals surface area contributed by atoms with Gasteiger partial charge in [0.2, 0.25) is 5.88 Å². The minimum atomic E-state index is -0.639. The number of aromatic nitrogens is 3. The van der Waals surface area contributed by atoms with Gasteiger partial charge in [0.15, 0.2) is 11.5 Å². The second-order valence-corrected chi connectivity index (χ2v) is 7.21. The summed E-state index contributed by atoms with van der Waals surface area (Å²) in [5.74, 6) is 0.302. The standard InChI is InChI=1S/C18H15BrN6O3/c1-6-11(17(26)25-24-6)12-8-3-7(19)4-10(27-2)15(8)28-18-13(12)14(21)9(5-20)16(22)23-18/h3-4,12H,1-2H3,(H4,21,22,23)(H2,24,25,26). The van der Waals surface area contributed by atoms with E-state index in [9.17, 15) is 10.1 Å². The molecule has 0 radical (unpaired) electrons. The highest BCUT2D eigenvalue weighted by molar-refractivity contribution is 9.10. The van der Waals surface area contributed by atoms with Crippen LogP contribution in [0.3, 0.4) is 0 Å². The van der Waals surface area contributed by atoms with Crippen LogP contribution in [0.5, 0.6) is 17.4 Å². The lowest BCUT2D eigenvalue weighted by Gasteiger charge is -2.30. The van der Waals surface area contributed by atoms with Gasteiger partial charge in [-0.15, -0.1) is 0 Å². The molecule has 142 valence electrons. The monoisotopic (exact) mass is 442 g/mol. The number of anilines is 2. The highest BCUT2D eigenvalue weighted by atomic mass is 79.9. The topological polar surface area (TPSA) is 156 Å². The number of hydrogen-bond acceptors (Lipinski definition) is 7. The molecule has 9 nitrogen and oxygen atoms in total. The molecule has 28 heavy (non-hydrogen) atoms. The summed E-state index contributed by atoms with van der Waals surface area (Å²) in [6, 6.07) is 5.53. The lowest BCUT2D eigenvalue weighted by Crippen LogP contribution is -2.22. The molecule has 10 heteroatoms. The van der Waals surface area contributed by atoms with Crippen molar-refractivity contribution in [2.45, 2.75) is 12.8 Å². The number of halogens is 1. The summed E-state index contributed by atoms with van der Waals surface area (Å²) in [6.07, 6.45) is 0. The van der Waals surface area contributed by atoms with Crippen LogP contribution in [0, 0.1) is 18.3 Å². The number of nitrogens with zero attached hydrogens (tertiary/aromatic N) is 2. The first kappa shape index (κ1) is 17.9. The predicted octanol–water partition coefficient (Wildman–Crippen LogP) is 2.50. The zero-order chi connectivity index (χ0) is 20.2. The quantitative estimate of drug-likeness (QED) is 0.371. The molecule has 1 aliphatic rings. The number of nitriles is 1. The molecular weight excluding hydrogens is 428 g/mol. The van der Waals surface area contributed by atoms with Crippen molar-refractivity contribution in [3.8, 4) is 23.4 Å². The molecule has 4 rings (SSSR count). The number of rotatable bonds is 2. The smallest absolute Gasteiger partial charge is 0.268 e. The van der Waals surface area contributed by atoms with Gasteiger partial charge < -0.3 is 26.0 Å². The van der Waals surface area contributed by atoms with Crippen LogP contribution in [0.15, 0.2) is 21.4 Å². The van der Waals surface area contributed by atoms with Crippen LogP contribution in [0.4, 0.5) is 11.5 Å². The number of aryl methyl sites for hydroxylation is 1. The van der Waals surface area contributed by atoms with Gasteiger partial charge >= 0.3 is 0 Å². The number of ether oxygens (including phenoxy) is 2. The number of pyridine rings is 1. The molecule has 2 aromatic heterocycles. The molecule has 0 saturated heterocycles. The van der Waals surface area contributed by atoms with E-state index < -0.39 is 5.92 Å². The zero-order valence-corrected chi connectivity index (χ0v) is 16.5. The third kappa shape index (κ3) is 2.44. The fourth-order valence-corrected chi connectivity index (χ4v) is 3.96. The van der Waals surface area contributed by atoms with Gasteiger partial charge in [-0.05, 0) is 19.1 Å². The number of hydrogen-bond donors (Lipinski definition) is 4. The van der Waals surface area contributed by atoms with Crippen molar-refractivity contribution in [1.29, 1.82) is 5.26 Å². The summed E-state index contributed by atoms with van der Waals surface area (Å²) in [6.45, 7) is 1.77. The van der Waals surface area contributed by atoms with Crippen LogP contribution < -0.4 is 26.5 Å². The Balaban J connectivity index is 2.15. The number of fused-ring (bicyclic) bond motifs is 2. The lowest BCUT2D eigenvalue weighted by atomic mass is 9.82. The molecular formula is C18H15BrN6O3. The molecule has 0 spiro atoms.